The van der Waals surface area contributed by atoms with Crippen molar-refractivity contribution >= 4 is 5.91 Å². The van der Waals surface area contributed by atoms with Gasteiger partial charge in [0.15, 0.2) is 0 Å². The van der Waals surface area contributed by atoms with E-state index < -0.39 is 11.7 Å². The fraction of sp³-hybridized carbons (Fsp3) is 0.294. The maximum Gasteiger partial charge on any atom is 0.416 e. The quantitative estimate of drug-likeness (QED) is 0.856. The molecule has 1 aliphatic carbocycles. The Hall–Kier alpha value is -2.37. The lowest BCUT2D eigenvalue weighted by Gasteiger charge is -2.23. The third kappa shape index (κ3) is 3.70. The van der Waals surface area contributed by atoms with Gasteiger partial charge in [0.2, 0.25) is 0 Å². The number of aromatic nitrogens is 1. The molecule has 1 saturated carbocycles. The minimum Gasteiger partial charge on any atom is -0.331 e. The number of alkyl halides is 3. The van der Waals surface area contributed by atoms with Crippen molar-refractivity contribution in [3.8, 4) is 0 Å². The Bertz CT molecular complexity index is 679. The fourth-order valence-corrected chi connectivity index (χ4v) is 2.41. The Balaban J connectivity index is 1.77. The standard InChI is InChI=1S/C17H15F3N2O/c18-17(19,20)14-3-1-12(2-4-14)11-22(15-5-6-15)16(23)13-7-9-21-10-8-13/h1-4,7-10,15H,5-6,11H2. The lowest BCUT2D eigenvalue weighted by molar-refractivity contribution is -0.137. The summed E-state index contributed by atoms with van der Waals surface area (Å²) in [5, 5.41) is 0. The summed E-state index contributed by atoms with van der Waals surface area (Å²) in [7, 11) is 0. The van der Waals surface area contributed by atoms with Crippen molar-refractivity contribution in [2.45, 2.75) is 31.6 Å². The first kappa shape index (κ1) is 15.5. The number of nitrogens with zero attached hydrogens (tertiary/aromatic N) is 2. The van der Waals surface area contributed by atoms with E-state index in [1.165, 1.54) is 12.1 Å². The number of hydrogen-bond donors (Lipinski definition) is 0. The molecule has 0 aliphatic heterocycles. The van der Waals surface area contributed by atoms with E-state index in [0.29, 0.717) is 17.7 Å². The number of halogens is 3. The summed E-state index contributed by atoms with van der Waals surface area (Å²) in [6, 6.07) is 8.41. The Morgan fingerprint density at radius 3 is 2.22 bits per heavy atom. The largest absolute Gasteiger partial charge is 0.416 e. The van der Waals surface area contributed by atoms with Gasteiger partial charge in [0.1, 0.15) is 0 Å². The Morgan fingerprint density at radius 1 is 1.09 bits per heavy atom. The molecule has 1 heterocycles. The van der Waals surface area contributed by atoms with Gasteiger partial charge in [-0.25, -0.2) is 0 Å². The third-order valence-corrected chi connectivity index (χ3v) is 3.81. The number of carbonyl (C=O) groups is 1. The van der Waals surface area contributed by atoms with Crippen LogP contribution in [-0.2, 0) is 12.7 Å². The number of pyridine rings is 1. The van der Waals surface area contributed by atoms with Gasteiger partial charge in [0.25, 0.3) is 5.91 Å². The average Bonchev–Trinajstić information content (AvgIpc) is 3.37. The van der Waals surface area contributed by atoms with E-state index in [0.717, 1.165) is 25.0 Å². The van der Waals surface area contributed by atoms with Crippen molar-refractivity contribution in [1.82, 2.24) is 9.88 Å². The summed E-state index contributed by atoms with van der Waals surface area (Å²) in [4.78, 5) is 18.2. The van der Waals surface area contributed by atoms with Gasteiger partial charge in [-0.3, -0.25) is 9.78 Å². The molecule has 0 radical (unpaired) electrons. The van der Waals surface area contributed by atoms with Crippen molar-refractivity contribution in [3.05, 3.63) is 65.5 Å². The molecular formula is C17H15F3N2O. The summed E-state index contributed by atoms with van der Waals surface area (Å²) >= 11 is 0. The molecule has 0 atom stereocenters. The molecule has 1 aromatic heterocycles. The summed E-state index contributed by atoms with van der Waals surface area (Å²) in [5.41, 5.74) is 0.547. The van der Waals surface area contributed by atoms with Crippen LogP contribution in [-0.4, -0.2) is 21.8 Å². The minimum atomic E-state index is -4.35. The highest BCUT2D eigenvalue weighted by Crippen LogP contribution is 2.31. The zero-order valence-electron chi connectivity index (χ0n) is 12.3. The van der Waals surface area contributed by atoms with Crippen LogP contribution in [0.2, 0.25) is 0 Å². The number of hydrogen-bond acceptors (Lipinski definition) is 2. The second-order valence-corrected chi connectivity index (χ2v) is 5.59. The first-order chi connectivity index (χ1) is 10.9. The van der Waals surface area contributed by atoms with E-state index in [1.807, 2.05) is 0 Å². The van der Waals surface area contributed by atoms with Gasteiger partial charge in [0.05, 0.1) is 5.56 Å². The van der Waals surface area contributed by atoms with Crippen LogP contribution in [0, 0.1) is 0 Å². The van der Waals surface area contributed by atoms with E-state index in [-0.39, 0.29) is 11.9 Å². The number of rotatable bonds is 4. The van der Waals surface area contributed by atoms with E-state index in [1.54, 1.807) is 29.4 Å². The molecule has 120 valence electrons. The summed E-state index contributed by atoms with van der Waals surface area (Å²) < 4.78 is 37.8. The van der Waals surface area contributed by atoms with Gasteiger partial charge in [-0.2, -0.15) is 13.2 Å². The smallest absolute Gasteiger partial charge is 0.331 e. The zero-order valence-corrected chi connectivity index (χ0v) is 12.3. The normalized spacial score (nSPS) is 14.6. The first-order valence-electron chi connectivity index (χ1n) is 7.32. The van der Waals surface area contributed by atoms with E-state index in [4.69, 9.17) is 0 Å². The highest BCUT2D eigenvalue weighted by atomic mass is 19.4. The van der Waals surface area contributed by atoms with Crippen molar-refractivity contribution < 1.29 is 18.0 Å². The van der Waals surface area contributed by atoms with E-state index in [2.05, 4.69) is 4.98 Å². The maximum atomic E-state index is 12.6. The number of amides is 1. The van der Waals surface area contributed by atoms with Crippen LogP contribution in [0.4, 0.5) is 13.2 Å². The highest BCUT2D eigenvalue weighted by Gasteiger charge is 2.33. The molecule has 23 heavy (non-hydrogen) atoms. The molecule has 0 spiro atoms. The van der Waals surface area contributed by atoms with Gasteiger partial charge in [-0.05, 0) is 42.7 Å². The molecule has 0 bridgehead atoms. The van der Waals surface area contributed by atoms with Crippen LogP contribution in [0.15, 0.2) is 48.8 Å². The number of carbonyl (C=O) groups excluding carboxylic acids is 1. The molecule has 0 saturated heterocycles. The molecule has 1 fully saturated rings. The molecule has 3 nitrogen and oxygen atoms in total. The SMILES string of the molecule is O=C(c1ccncc1)N(Cc1ccc(C(F)(F)F)cc1)C1CC1. The van der Waals surface area contributed by atoms with Crippen LogP contribution >= 0.6 is 0 Å². The predicted octanol–water partition coefficient (Wildman–Crippen LogP) is 3.91. The van der Waals surface area contributed by atoms with Crippen LogP contribution in [0.5, 0.6) is 0 Å². The van der Waals surface area contributed by atoms with Crippen LogP contribution in [0.3, 0.4) is 0 Å². The van der Waals surface area contributed by atoms with Gasteiger partial charge in [-0.1, -0.05) is 12.1 Å². The predicted molar refractivity (Wildman–Crippen MR) is 78.6 cm³/mol. The summed E-state index contributed by atoms with van der Waals surface area (Å²) in [5.74, 6) is -0.116. The van der Waals surface area contributed by atoms with Crippen molar-refractivity contribution in [2.24, 2.45) is 0 Å². The molecule has 1 amide bonds. The molecule has 6 heteroatoms. The van der Waals surface area contributed by atoms with Gasteiger partial charge >= 0.3 is 6.18 Å². The molecular weight excluding hydrogens is 305 g/mol. The van der Waals surface area contributed by atoms with Crippen molar-refractivity contribution in [1.29, 1.82) is 0 Å². The minimum absolute atomic E-state index is 0.116. The van der Waals surface area contributed by atoms with Gasteiger partial charge < -0.3 is 4.90 Å². The second kappa shape index (κ2) is 6.02. The van der Waals surface area contributed by atoms with Crippen LogP contribution in [0.1, 0.15) is 34.3 Å². The van der Waals surface area contributed by atoms with Crippen LogP contribution < -0.4 is 0 Å². The lowest BCUT2D eigenvalue weighted by atomic mass is 10.1. The lowest BCUT2D eigenvalue weighted by Crippen LogP contribution is -2.32. The Labute approximate surface area is 131 Å². The van der Waals surface area contributed by atoms with Crippen molar-refractivity contribution in [2.75, 3.05) is 0 Å². The van der Waals surface area contributed by atoms with Gasteiger partial charge in [0, 0.05) is 30.5 Å². The van der Waals surface area contributed by atoms with E-state index in [9.17, 15) is 18.0 Å². The Morgan fingerprint density at radius 2 is 1.70 bits per heavy atom. The van der Waals surface area contributed by atoms with Gasteiger partial charge in [-0.15, -0.1) is 0 Å². The number of benzene rings is 1. The molecule has 2 aromatic rings. The van der Waals surface area contributed by atoms with Crippen LogP contribution in [0.25, 0.3) is 0 Å². The highest BCUT2D eigenvalue weighted by molar-refractivity contribution is 5.94. The average molecular weight is 320 g/mol. The molecule has 1 aromatic carbocycles. The fourth-order valence-electron chi connectivity index (χ4n) is 2.41. The monoisotopic (exact) mass is 320 g/mol. The third-order valence-electron chi connectivity index (χ3n) is 3.81. The summed E-state index contributed by atoms with van der Waals surface area (Å²) in [6.45, 7) is 0.309. The topological polar surface area (TPSA) is 33.2 Å². The van der Waals surface area contributed by atoms with E-state index >= 15 is 0 Å². The second-order valence-electron chi connectivity index (χ2n) is 5.59. The maximum absolute atomic E-state index is 12.6. The molecule has 0 unspecified atom stereocenters. The Kier molecular flexibility index (Phi) is 4.07. The molecule has 3 rings (SSSR count). The molecule has 0 N–H and O–H groups in total. The first-order valence-corrected chi connectivity index (χ1v) is 7.32. The zero-order chi connectivity index (χ0) is 16.4. The molecule has 1 aliphatic rings. The van der Waals surface area contributed by atoms with Crippen molar-refractivity contribution in [3.63, 3.8) is 0 Å². The summed E-state index contributed by atoms with van der Waals surface area (Å²) in [6.07, 6.45) is 0.614.